The minimum absolute atomic E-state index is 0.199. The number of benzene rings is 7. The maximum Gasteiger partial charge on any atom is 0.232 e. The molecule has 474 valence electrons. The van der Waals surface area contributed by atoms with Gasteiger partial charge in [-0.1, -0.05) is 180 Å². The number of methoxy groups -OCH3 is 1. The molecule has 0 bridgehead atoms. The second-order valence-electron chi connectivity index (χ2n) is 19.3. The average molecular weight is 1300 g/mol. The van der Waals surface area contributed by atoms with Crippen LogP contribution in [0.2, 0.25) is 10.0 Å². The Morgan fingerprint density at radius 1 is 0.344 bits per heavy atom. The lowest BCUT2D eigenvalue weighted by Gasteiger charge is -2.00. The summed E-state index contributed by atoms with van der Waals surface area (Å²) in [5, 5.41) is 26.5. The van der Waals surface area contributed by atoms with Gasteiger partial charge >= 0.3 is 0 Å². The molecular formula is C66H59Cl2F2N15O8. The standard InChI is InChI=1S/C10H9FN2O.C10H10N2O2.C10H10N2O.C9H8ClN3O.C9H7ClN2O.C9H7FN2O.C9H8N2O/c1-6-9(10(12)14-13-6)7-2-4-8(11)5-3-7;1-13-8-4-2-7(3-5-8)9-6-12-14-10(9)11;1-7-2-4-8(5-3-7)9-6-12-13-10(9)11;10-6-3-1-2-5(4-6)7-8(11)13-14-9(7)12;2*10-7-3-1-6(2-4-7)8-5-12-13-9(8)11;10-9-8(6-11-12-9)7-4-2-1-3-5-7/h2-5H,12H2,1H3;2-6H,11H2,1H3;2-6H,11H2,1H3;1-4H,12H2,(H2,11,13);2*1-5H,11H2;1-6H,10H2. The zero-order chi connectivity index (χ0) is 66.4. The molecule has 7 aromatic heterocycles. The second kappa shape index (κ2) is 32.2. The maximum atomic E-state index is 12.7. The van der Waals surface area contributed by atoms with Gasteiger partial charge in [0.05, 0.1) is 82.7 Å². The first-order chi connectivity index (χ1) is 44.9. The number of nitrogen functional groups attached to an aromatic ring is 8. The molecule has 14 rings (SSSR count). The first-order valence-electron chi connectivity index (χ1n) is 27.4. The third kappa shape index (κ3) is 18.4. The van der Waals surface area contributed by atoms with Gasteiger partial charge < -0.3 is 82.3 Å². The van der Waals surface area contributed by atoms with Crippen molar-refractivity contribution < 1.29 is 45.2 Å². The van der Waals surface area contributed by atoms with Crippen LogP contribution < -0.4 is 50.6 Å². The number of halogens is 4. The van der Waals surface area contributed by atoms with Crippen LogP contribution >= 0.6 is 23.2 Å². The molecule has 0 unspecified atom stereocenters. The normalized spacial score (nSPS) is 10.2. The SMILES string of the molecule is COc1ccc(-c2cnoc2N)cc1.Cc1ccc(-c2cnoc2N)cc1.Cc1noc(N)c1-c1ccc(F)cc1.Nc1noc(N)c1-c1cccc(Cl)c1.Nc1oncc1-c1ccc(Cl)cc1.Nc1oncc1-c1ccc(F)cc1.Nc1oncc1-c1ccccc1. The summed E-state index contributed by atoms with van der Waals surface area (Å²) in [5.74, 6) is 2.60. The Balaban J connectivity index is 0.000000139. The highest BCUT2D eigenvalue weighted by Crippen LogP contribution is 2.34. The minimum atomic E-state index is -0.279. The number of aromatic nitrogens is 7. The van der Waals surface area contributed by atoms with Gasteiger partial charge in [-0.15, -0.1) is 0 Å². The molecule has 7 aromatic carbocycles. The lowest BCUT2D eigenvalue weighted by molar-refractivity contribution is 0.415. The molecule has 27 heteroatoms. The number of hydrogen-bond donors (Lipinski definition) is 8. The number of aryl methyl sites for hydroxylation is 2. The number of nitrogens with zero attached hydrogens (tertiary/aromatic N) is 7. The van der Waals surface area contributed by atoms with Crippen LogP contribution in [0.25, 0.3) is 77.9 Å². The third-order valence-corrected chi connectivity index (χ3v) is 13.5. The molecule has 14 aromatic rings. The molecule has 0 saturated heterocycles. The fraction of sp³-hybridized carbons (Fsp3) is 0.0455. The van der Waals surface area contributed by atoms with Gasteiger partial charge in [-0.2, -0.15) is 0 Å². The van der Waals surface area contributed by atoms with Crippen LogP contribution in [0.15, 0.2) is 239 Å². The first kappa shape index (κ1) is 66.6. The van der Waals surface area contributed by atoms with Crippen molar-refractivity contribution >= 4 is 70.2 Å². The number of nitrogens with two attached hydrogens (primary N) is 8. The second-order valence-corrected chi connectivity index (χ2v) is 20.2. The monoisotopic (exact) mass is 1300 g/mol. The smallest absolute Gasteiger partial charge is 0.232 e. The zero-order valence-corrected chi connectivity index (χ0v) is 51.2. The van der Waals surface area contributed by atoms with E-state index in [1.165, 1.54) is 36.0 Å². The molecule has 16 N–H and O–H groups in total. The Hall–Kier alpha value is -12.4. The van der Waals surface area contributed by atoms with Crippen molar-refractivity contribution in [3.05, 3.63) is 240 Å². The van der Waals surface area contributed by atoms with Crippen molar-refractivity contribution in [2.75, 3.05) is 53.0 Å². The molecule has 0 spiro atoms. The lowest BCUT2D eigenvalue weighted by Crippen LogP contribution is -1.90. The highest BCUT2D eigenvalue weighted by Gasteiger charge is 2.15. The van der Waals surface area contributed by atoms with Crippen molar-refractivity contribution in [3.8, 4) is 83.6 Å². The van der Waals surface area contributed by atoms with E-state index in [0.29, 0.717) is 50.4 Å². The molecule has 93 heavy (non-hydrogen) atoms. The van der Waals surface area contributed by atoms with Gasteiger partial charge in [0, 0.05) is 10.0 Å². The zero-order valence-electron chi connectivity index (χ0n) is 49.7. The van der Waals surface area contributed by atoms with Gasteiger partial charge in [-0.25, -0.2) is 8.78 Å². The number of hydrogen-bond acceptors (Lipinski definition) is 23. The molecule has 0 aliphatic heterocycles. The van der Waals surface area contributed by atoms with Crippen molar-refractivity contribution in [2.45, 2.75) is 13.8 Å². The van der Waals surface area contributed by atoms with Gasteiger partial charge in [-0.3, -0.25) is 0 Å². The van der Waals surface area contributed by atoms with Gasteiger partial charge in [0.15, 0.2) is 5.82 Å². The average Bonchev–Trinajstić information content (AvgIpc) is 1.86. The summed E-state index contributed by atoms with van der Waals surface area (Å²) in [4.78, 5) is 0. The summed E-state index contributed by atoms with van der Waals surface area (Å²) in [5.41, 5.74) is 58.1. The Bertz CT molecular complexity index is 4320. The van der Waals surface area contributed by atoms with Crippen LogP contribution in [0.5, 0.6) is 5.75 Å². The third-order valence-electron chi connectivity index (χ3n) is 13.0. The molecule has 0 aliphatic carbocycles. The molecule has 0 atom stereocenters. The predicted octanol–water partition coefficient (Wildman–Crippen LogP) is 15.3. The quantitative estimate of drug-likeness (QED) is 0.0700. The van der Waals surface area contributed by atoms with Crippen LogP contribution in [0.3, 0.4) is 0 Å². The van der Waals surface area contributed by atoms with E-state index in [9.17, 15) is 8.78 Å². The van der Waals surface area contributed by atoms with Crippen LogP contribution in [0.1, 0.15) is 11.3 Å². The minimum Gasteiger partial charge on any atom is -0.497 e. The summed E-state index contributed by atoms with van der Waals surface area (Å²) in [7, 11) is 1.63. The lowest BCUT2D eigenvalue weighted by atomic mass is 10.1. The number of ether oxygens (including phenoxy) is 1. The van der Waals surface area contributed by atoms with Crippen LogP contribution in [0.4, 0.5) is 55.8 Å². The maximum absolute atomic E-state index is 12.7. The summed E-state index contributed by atoms with van der Waals surface area (Å²) in [6.07, 6.45) is 7.92. The van der Waals surface area contributed by atoms with Crippen molar-refractivity contribution in [3.63, 3.8) is 0 Å². The molecular weight excluding hydrogens is 1240 g/mol. The van der Waals surface area contributed by atoms with Crippen LogP contribution in [-0.2, 0) is 0 Å². The van der Waals surface area contributed by atoms with Crippen LogP contribution in [0, 0.1) is 25.5 Å². The summed E-state index contributed by atoms with van der Waals surface area (Å²) >= 11 is 11.6. The Morgan fingerprint density at radius 2 is 0.699 bits per heavy atom. The first-order valence-corrected chi connectivity index (χ1v) is 28.2. The van der Waals surface area contributed by atoms with E-state index >= 15 is 0 Å². The molecule has 0 fully saturated rings. The highest BCUT2D eigenvalue weighted by molar-refractivity contribution is 6.31. The summed E-state index contributed by atoms with van der Waals surface area (Å²) in [6, 6.07) is 51.9. The Kier molecular flexibility index (Phi) is 23.1. The largest absolute Gasteiger partial charge is 0.497 e. The molecule has 23 nitrogen and oxygen atoms in total. The van der Waals surface area contributed by atoms with Crippen molar-refractivity contribution in [2.24, 2.45) is 0 Å². The predicted molar refractivity (Wildman–Crippen MR) is 355 cm³/mol. The van der Waals surface area contributed by atoms with Gasteiger partial charge in [0.25, 0.3) is 0 Å². The van der Waals surface area contributed by atoms with E-state index < -0.39 is 0 Å². The van der Waals surface area contributed by atoms with E-state index in [2.05, 4.69) is 40.6 Å². The van der Waals surface area contributed by atoms with E-state index in [4.69, 9.17) is 101 Å². The van der Waals surface area contributed by atoms with Gasteiger partial charge in [0.2, 0.25) is 41.2 Å². The van der Waals surface area contributed by atoms with E-state index in [1.54, 1.807) is 87.4 Å². The summed E-state index contributed by atoms with van der Waals surface area (Å²) in [6.45, 7) is 3.83. The molecule has 0 amide bonds. The highest BCUT2D eigenvalue weighted by atomic mass is 35.5. The Morgan fingerprint density at radius 3 is 1.05 bits per heavy atom. The Labute approximate surface area is 539 Å². The number of rotatable bonds is 8. The molecule has 0 saturated carbocycles. The van der Waals surface area contributed by atoms with Crippen LogP contribution in [-0.4, -0.2) is 43.2 Å². The van der Waals surface area contributed by atoms with Crippen molar-refractivity contribution in [1.29, 1.82) is 0 Å². The fourth-order valence-corrected chi connectivity index (χ4v) is 8.63. The van der Waals surface area contributed by atoms with Gasteiger partial charge in [-0.05, 0) is 113 Å². The molecule has 0 aliphatic rings. The van der Waals surface area contributed by atoms with Gasteiger partial charge in [0.1, 0.15) is 17.4 Å². The molecule has 7 heterocycles. The van der Waals surface area contributed by atoms with E-state index in [0.717, 1.165) is 72.5 Å². The molecule has 0 radical (unpaired) electrons. The fourth-order valence-electron chi connectivity index (χ4n) is 8.31. The topological polar surface area (TPSA) is 400 Å². The van der Waals surface area contributed by atoms with Crippen molar-refractivity contribution in [1.82, 2.24) is 36.1 Å². The van der Waals surface area contributed by atoms with E-state index in [-0.39, 0.29) is 35.1 Å². The number of anilines is 8. The van der Waals surface area contributed by atoms with E-state index in [1.807, 2.05) is 110 Å². The summed E-state index contributed by atoms with van der Waals surface area (Å²) < 4.78 is 63.6.